The van der Waals surface area contributed by atoms with Gasteiger partial charge in [-0.15, -0.1) is 0 Å². The smallest absolute Gasteiger partial charge is 0.412 e. The molecular formula is C12H18Mn2N6S12Zn. The second kappa shape index (κ2) is 36.5. The van der Waals surface area contributed by atoms with Crippen molar-refractivity contribution < 1.29 is 53.6 Å². The fourth-order valence-electron chi connectivity index (χ4n) is 0.987. The minimum Gasteiger partial charge on any atom is -0.412 e. The molecule has 0 aromatic rings. The van der Waals surface area contributed by atoms with Crippen molar-refractivity contribution in [3.63, 3.8) is 0 Å². The van der Waals surface area contributed by atoms with E-state index in [2.05, 4.69) is 181 Å². The van der Waals surface area contributed by atoms with E-state index < -0.39 is 0 Å². The summed E-state index contributed by atoms with van der Waals surface area (Å²) in [5.41, 5.74) is 0. The van der Waals surface area contributed by atoms with Crippen LogP contribution in [0.5, 0.6) is 0 Å². The van der Waals surface area contributed by atoms with Gasteiger partial charge in [0.1, 0.15) is 0 Å². The predicted octanol–water partition coefficient (Wildman–Crippen LogP) is -0.520. The maximum absolute atomic E-state index is 4.59. The van der Waals surface area contributed by atoms with Crippen molar-refractivity contribution >= 4 is 175 Å². The van der Waals surface area contributed by atoms with Crippen LogP contribution in [0, 0.1) is 0 Å². The summed E-state index contributed by atoms with van der Waals surface area (Å²) in [6.45, 7) is 3.99. The van der Waals surface area contributed by atoms with Gasteiger partial charge in [-0.05, 0) is 0 Å². The van der Waals surface area contributed by atoms with Crippen LogP contribution in [0.1, 0.15) is 0 Å². The van der Waals surface area contributed by atoms with Crippen LogP contribution < -0.4 is 31.9 Å². The molecule has 0 atom stereocenters. The van der Waals surface area contributed by atoms with E-state index in [1.54, 1.807) is 0 Å². The van der Waals surface area contributed by atoms with Crippen molar-refractivity contribution in [3.8, 4) is 0 Å². The average Bonchev–Trinajstić information content (AvgIpc) is 2.60. The first-order valence-corrected chi connectivity index (χ1v) is 12.5. The van der Waals surface area contributed by atoms with Crippen LogP contribution in [0.25, 0.3) is 0 Å². The predicted molar refractivity (Wildman–Crippen MR) is 168 cm³/mol. The van der Waals surface area contributed by atoms with Crippen LogP contribution >= 0.6 is 73.3 Å². The molecule has 0 aromatic heterocycles. The van der Waals surface area contributed by atoms with E-state index in [9.17, 15) is 0 Å². The molecule has 0 heterocycles. The molecule has 6 N–H and O–H groups in total. The van der Waals surface area contributed by atoms with Crippen LogP contribution in [-0.2, 0) is 129 Å². The van der Waals surface area contributed by atoms with E-state index in [4.69, 9.17) is 0 Å². The summed E-state index contributed by atoms with van der Waals surface area (Å²) in [5.74, 6) is 0. The number of hydrogen-bond donors (Lipinski definition) is 6. The molecule has 0 unspecified atom stereocenters. The van der Waals surface area contributed by atoms with Crippen molar-refractivity contribution in [2.45, 2.75) is 0 Å². The van der Waals surface area contributed by atoms with Gasteiger partial charge in [0.15, 0.2) is 0 Å². The molecule has 184 valence electrons. The zero-order valence-corrected chi connectivity index (χ0v) is 31.7. The Kier molecular flexibility index (Phi) is 53.5. The van der Waals surface area contributed by atoms with E-state index in [0.717, 1.165) is 0 Å². The molecule has 0 amide bonds. The molecule has 0 aromatic carbocycles. The van der Waals surface area contributed by atoms with Gasteiger partial charge >= 0.3 is 53.6 Å². The van der Waals surface area contributed by atoms with Crippen molar-refractivity contribution in [2.75, 3.05) is 39.3 Å². The summed E-state index contributed by atoms with van der Waals surface area (Å²) in [7, 11) is 0. The van der Waals surface area contributed by atoms with Crippen LogP contribution in [-0.4, -0.2) is 65.2 Å². The largest absolute Gasteiger partial charge is 2.00 e. The first-order valence-electron chi connectivity index (χ1n) is 7.57. The molecule has 0 bridgehead atoms. The Balaban J connectivity index is -0.0000000792. The first-order chi connectivity index (χ1) is 13.9. The van der Waals surface area contributed by atoms with E-state index in [1.807, 2.05) is 0 Å². The Morgan fingerprint density at radius 1 is 0.364 bits per heavy atom. The summed E-state index contributed by atoms with van der Waals surface area (Å²) < 4.78 is 2.23. The molecular weight excluding hydrogens is 788 g/mol. The Hall–Kier alpha value is 2.32. The molecule has 0 aliphatic rings. The number of hydrogen-bond acceptors (Lipinski definition) is 12. The minimum absolute atomic E-state index is 0. The Bertz CT molecular complexity index is 451. The van der Waals surface area contributed by atoms with Crippen LogP contribution in [0.15, 0.2) is 0 Å². The Labute approximate surface area is 295 Å². The molecule has 2 radical (unpaired) electrons. The number of nitrogens with one attached hydrogen (secondary N) is 6. The molecule has 0 aliphatic heterocycles. The van der Waals surface area contributed by atoms with Crippen molar-refractivity contribution in [1.29, 1.82) is 0 Å². The van der Waals surface area contributed by atoms with Gasteiger partial charge in [0.05, 0.1) is 0 Å². The van der Waals surface area contributed by atoms with Crippen molar-refractivity contribution in [3.05, 3.63) is 0 Å². The fraction of sp³-hybridized carbons (Fsp3) is 0.500. The quantitative estimate of drug-likeness (QED) is 0.0784. The summed E-state index contributed by atoms with van der Waals surface area (Å²) in [6, 6.07) is 0. The normalized spacial score (nSPS) is 7.64. The third-order valence-corrected chi connectivity index (χ3v) is 3.72. The van der Waals surface area contributed by atoms with Gasteiger partial charge in [-0.2, -0.15) is 0 Å². The topological polar surface area (TPSA) is 72.2 Å². The van der Waals surface area contributed by atoms with Gasteiger partial charge in [-0.25, -0.2) is 0 Å². The van der Waals surface area contributed by atoms with Gasteiger partial charge in [-0.3, -0.25) is 0 Å². The van der Waals surface area contributed by atoms with Crippen LogP contribution in [0.3, 0.4) is 0 Å². The second-order valence-electron chi connectivity index (χ2n) is 4.29. The molecule has 0 spiro atoms. The van der Waals surface area contributed by atoms with E-state index in [1.165, 1.54) is 0 Å². The van der Waals surface area contributed by atoms with Gasteiger partial charge in [0.25, 0.3) is 0 Å². The van der Waals surface area contributed by atoms with Gasteiger partial charge in [-0.1, -0.05) is 25.9 Å². The third kappa shape index (κ3) is 65.9. The second-order valence-corrected chi connectivity index (χ2v) is 10.7. The maximum atomic E-state index is 4.59. The number of thiocarbonyl (C=S) groups is 6. The average molecular weight is 806 g/mol. The standard InChI is InChI=1S/3C4H8N2S4.2Mn.Zn/c3*7-3(8)5-1-2-6-4(9)10;;;/h3*1-2H2,(H2,5,7,8)(H2,6,9,10);;;/q;;;3*+2/p-6. The molecule has 0 rings (SSSR count). The zero-order valence-electron chi connectivity index (χ0n) is 16.6. The maximum Gasteiger partial charge on any atom is 2.00 e. The van der Waals surface area contributed by atoms with Gasteiger partial charge < -0.3 is 181 Å². The molecule has 0 aliphatic carbocycles. The zero-order chi connectivity index (χ0) is 23.9. The summed E-state index contributed by atoms with van der Waals surface area (Å²) >= 11 is 55.1. The minimum atomic E-state index is 0. The van der Waals surface area contributed by atoms with Crippen molar-refractivity contribution in [1.82, 2.24) is 31.9 Å². The Morgan fingerprint density at radius 3 is 0.515 bits per heavy atom. The monoisotopic (exact) mass is 804 g/mol. The van der Waals surface area contributed by atoms with Crippen molar-refractivity contribution in [2.24, 2.45) is 0 Å². The molecule has 0 saturated heterocycles. The van der Waals surface area contributed by atoms with E-state index in [-0.39, 0.29) is 53.6 Å². The Morgan fingerprint density at radius 2 is 0.455 bits per heavy atom. The van der Waals surface area contributed by atoms with Gasteiger partial charge in [0.2, 0.25) is 0 Å². The van der Waals surface area contributed by atoms with Gasteiger partial charge in [0, 0.05) is 39.3 Å². The molecule has 6 nitrogen and oxygen atoms in total. The number of rotatable bonds is 9. The molecule has 0 saturated carbocycles. The summed E-state index contributed by atoms with van der Waals surface area (Å²) in [5, 5.41) is 16.7. The van der Waals surface area contributed by atoms with E-state index >= 15 is 0 Å². The molecule has 33 heavy (non-hydrogen) atoms. The fourth-order valence-corrected chi connectivity index (χ4v) is 2.21. The molecule has 21 heteroatoms. The first kappa shape index (κ1) is 48.4. The molecule has 0 fully saturated rings. The van der Waals surface area contributed by atoms with Crippen LogP contribution in [0.2, 0.25) is 0 Å². The van der Waals surface area contributed by atoms with E-state index in [0.29, 0.717) is 65.2 Å². The SMILES string of the molecule is S=C([S-])NCCNC(=S)[S-].S=C([S-])NCCNC(=S)[S-].S=C([S-])NCCNC(=S)[S-].[Mn+2].[Mn+2].[Zn+2]. The van der Waals surface area contributed by atoms with Crippen LogP contribution in [0.4, 0.5) is 0 Å². The summed E-state index contributed by atoms with van der Waals surface area (Å²) in [4.78, 5) is 0. The third-order valence-electron chi connectivity index (χ3n) is 1.99. The summed E-state index contributed by atoms with van der Waals surface area (Å²) in [6.07, 6.45) is 0.